The SMILES string of the molecule is Cc1ccc(S(=O)(=O)C2=C(Br)C3C=CC2N3C(=O)O)cc1. The lowest BCUT2D eigenvalue weighted by atomic mass is 10.2. The van der Waals surface area contributed by atoms with Crippen LogP contribution in [0.15, 0.2) is 50.7 Å². The van der Waals surface area contributed by atoms with Crippen LogP contribution in [0.2, 0.25) is 0 Å². The van der Waals surface area contributed by atoms with Gasteiger partial charge in [-0.2, -0.15) is 0 Å². The van der Waals surface area contributed by atoms with Crippen LogP contribution >= 0.6 is 15.9 Å². The van der Waals surface area contributed by atoms with E-state index in [1.807, 2.05) is 6.92 Å². The minimum Gasteiger partial charge on any atom is -0.465 e. The van der Waals surface area contributed by atoms with Crippen LogP contribution in [0, 0.1) is 6.92 Å². The van der Waals surface area contributed by atoms with Gasteiger partial charge in [-0.15, -0.1) is 0 Å². The van der Waals surface area contributed by atoms with E-state index >= 15 is 0 Å². The molecule has 2 atom stereocenters. The van der Waals surface area contributed by atoms with Crippen molar-refractivity contribution in [2.75, 3.05) is 0 Å². The largest absolute Gasteiger partial charge is 0.465 e. The van der Waals surface area contributed by atoms with Crippen molar-refractivity contribution in [3.63, 3.8) is 0 Å². The molecule has 7 heteroatoms. The molecule has 2 bridgehead atoms. The molecule has 1 amide bonds. The fourth-order valence-corrected chi connectivity index (χ4v) is 5.53. The van der Waals surface area contributed by atoms with E-state index in [2.05, 4.69) is 15.9 Å². The lowest BCUT2D eigenvalue weighted by Crippen LogP contribution is -2.37. The van der Waals surface area contributed by atoms with Crippen molar-refractivity contribution in [1.29, 1.82) is 0 Å². The molecule has 5 nitrogen and oxygen atoms in total. The van der Waals surface area contributed by atoms with Crippen LogP contribution in [0.3, 0.4) is 0 Å². The van der Waals surface area contributed by atoms with Crippen LogP contribution in [-0.2, 0) is 9.84 Å². The van der Waals surface area contributed by atoms with Crippen LogP contribution in [0.1, 0.15) is 5.56 Å². The smallest absolute Gasteiger partial charge is 0.408 e. The molecule has 2 aliphatic rings. The second kappa shape index (κ2) is 4.71. The van der Waals surface area contributed by atoms with Crippen molar-refractivity contribution < 1.29 is 18.3 Å². The molecular weight excluding hydrogens is 358 g/mol. The van der Waals surface area contributed by atoms with E-state index < -0.39 is 28.0 Å². The molecular formula is C14H12BrNO4S. The van der Waals surface area contributed by atoms with Crippen LogP contribution in [-0.4, -0.2) is 36.6 Å². The van der Waals surface area contributed by atoms with Crippen LogP contribution in [0.25, 0.3) is 0 Å². The van der Waals surface area contributed by atoms with E-state index in [9.17, 15) is 18.3 Å². The van der Waals surface area contributed by atoms with Gasteiger partial charge < -0.3 is 5.11 Å². The molecule has 0 saturated heterocycles. The first-order valence-corrected chi connectivity index (χ1v) is 8.52. The normalized spacial score (nSPS) is 24.0. The topological polar surface area (TPSA) is 74.7 Å². The van der Waals surface area contributed by atoms with Crippen LogP contribution < -0.4 is 0 Å². The zero-order valence-corrected chi connectivity index (χ0v) is 13.4. The molecule has 3 rings (SSSR count). The minimum atomic E-state index is -3.73. The average molecular weight is 370 g/mol. The third kappa shape index (κ3) is 2.03. The molecule has 0 radical (unpaired) electrons. The van der Waals surface area contributed by atoms with E-state index in [1.54, 1.807) is 36.4 Å². The van der Waals surface area contributed by atoms with Crippen molar-refractivity contribution in [3.8, 4) is 0 Å². The number of halogens is 1. The Hall–Kier alpha value is -1.60. The van der Waals surface area contributed by atoms with Crippen LogP contribution in [0.5, 0.6) is 0 Å². The van der Waals surface area contributed by atoms with Gasteiger partial charge in [0.1, 0.15) is 0 Å². The predicted molar refractivity (Wildman–Crippen MR) is 80.9 cm³/mol. The third-order valence-corrected chi connectivity index (χ3v) is 6.77. The summed E-state index contributed by atoms with van der Waals surface area (Å²) in [5.41, 5.74) is 0.960. The summed E-state index contributed by atoms with van der Waals surface area (Å²) in [5.74, 6) is 0. The highest BCUT2D eigenvalue weighted by Gasteiger charge is 2.49. The first-order chi connectivity index (χ1) is 9.84. The molecule has 2 aliphatic heterocycles. The number of rotatable bonds is 2. The molecule has 0 aromatic heterocycles. The van der Waals surface area contributed by atoms with E-state index in [4.69, 9.17) is 0 Å². The van der Waals surface area contributed by atoms with Gasteiger partial charge in [-0.1, -0.05) is 45.8 Å². The molecule has 110 valence electrons. The van der Waals surface area contributed by atoms with Gasteiger partial charge in [-0.3, -0.25) is 4.90 Å². The lowest BCUT2D eigenvalue weighted by Gasteiger charge is -2.19. The van der Waals surface area contributed by atoms with Crippen molar-refractivity contribution >= 4 is 31.9 Å². The van der Waals surface area contributed by atoms with Crippen molar-refractivity contribution in [2.24, 2.45) is 0 Å². The molecule has 0 saturated carbocycles. The number of benzene rings is 1. The Balaban J connectivity index is 2.09. The summed E-state index contributed by atoms with van der Waals surface area (Å²) in [6, 6.07) is 5.21. The number of hydrogen-bond donors (Lipinski definition) is 1. The fourth-order valence-electron chi connectivity index (χ4n) is 2.65. The van der Waals surface area contributed by atoms with Crippen molar-refractivity contribution in [3.05, 3.63) is 51.4 Å². The van der Waals surface area contributed by atoms with Crippen LogP contribution in [0.4, 0.5) is 4.79 Å². The molecule has 0 fully saturated rings. The summed E-state index contributed by atoms with van der Waals surface area (Å²) in [6.07, 6.45) is 2.17. The fraction of sp³-hybridized carbons (Fsp3) is 0.214. The highest BCUT2D eigenvalue weighted by Crippen LogP contribution is 2.44. The van der Waals surface area contributed by atoms with Gasteiger partial charge in [0, 0.05) is 4.48 Å². The van der Waals surface area contributed by atoms with E-state index in [-0.39, 0.29) is 9.80 Å². The highest BCUT2D eigenvalue weighted by molar-refractivity contribution is 9.11. The summed E-state index contributed by atoms with van der Waals surface area (Å²) < 4.78 is 25.9. The maximum Gasteiger partial charge on any atom is 0.408 e. The number of sulfone groups is 1. The Kier molecular flexibility index (Phi) is 3.22. The Morgan fingerprint density at radius 2 is 1.76 bits per heavy atom. The predicted octanol–water partition coefficient (Wildman–Crippen LogP) is 2.68. The molecule has 1 aromatic carbocycles. The zero-order chi connectivity index (χ0) is 15.4. The first-order valence-electron chi connectivity index (χ1n) is 6.25. The quantitative estimate of drug-likeness (QED) is 0.813. The monoisotopic (exact) mass is 369 g/mol. The van der Waals surface area contributed by atoms with Crippen molar-refractivity contribution in [1.82, 2.24) is 4.90 Å². The number of carboxylic acid groups (broad SMARTS) is 1. The number of hydrogen-bond acceptors (Lipinski definition) is 3. The number of aryl methyl sites for hydroxylation is 1. The Bertz CT molecular complexity index is 780. The zero-order valence-electron chi connectivity index (χ0n) is 11.0. The third-order valence-electron chi connectivity index (χ3n) is 3.68. The highest BCUT2D eigenvalue weighted by atomic mass is 79.9. The standard InChI is InChI=1S/C14H12BrNO4S/c1-8-2-4-9(5-3-8)21(19,20)13-11-7-6-10(12(13)15)16(11)14(17)18/h2-7,10-11H,1H3,(H,17,18). The average Bonchev–Trinajstić information content (AvgIpc) is 2.94. The molecule has 0 aliphatic carbocycles. The molecule has 2 unspecified atom stereocenters. The number of carbonyl (C=O) groups is 1. The molecule has 21 heavy (non-hydrogen) atoms. The summed E-state index contributed by atoms with van der Waals surface area (Å²) >= 11 is 3.26. The Labute approximate surface area is 130 Å². The second-order valence-electron chi connectivity index (χ2n) is 4.99. The molecule has 0 spiro atoms. The van der Waals surface area contributed by atoms with Gasteiger partial charge >= 0.3 is 6.09 Å². The van der Waals surface area contributed by atoms with Gasteiger partial charge in [0.05, 0.1) is 21.9 Å². The van der Waals surface area contributed by atoms with Gasteiger partial charge in [0.2, 0.25) is 9.84 Å². The molecule has 1 N–H and O–H groups in total. The first kappa shape index (κ1) is 14.3. The number of fused-ring (bicyclic) bond motifs is 2. The van der Waals surface area contributed by atoms with Crippen molar-refractivity contribution in [2.45, 2.75) is 23.9 Å². The van der Waals surface area contributed by atoms with Gasteiger partial charge in [-0.25, -0.2) is 13.2 Å². The molecule has 2 heterocycles. The summed E-state index contributed by atoms with van der Waals surface area (Å²) in [6.45, 7) is 1.87. The van der Waals surface area contributed by atoms with E-state index in [1.165, 1.54) is 0 Å². The summed E-state index contributed by atoms with van der Waals surface area (Å²) in [7, 11) is -3.73. The number of nitrogens with zero attached hydrogens (tertiary/aromatic N) is 1. The Morgan fingerprint density at radius 1 is 1.19 bits per heavy atom. The van der Waals surface area contributed by atoms with Gasteiger partial charge in [0.25, 0.3) is 0 Å². The minimum absolute atomic E-state index is 0.112. The Morgan fingerprint density at radius 3 is 2.29 bits per heavy atom. The van der Waals surface area contributed by atoms with E-state index in [0.717, 1.165) is 10.5 Å². The van der Waals surface area contributed by atoms with Gasteiger partial charge in [-0.05, 0) is 19.1 Å². The second-order valence-corrected chi connectivity index (χ2v) is 7.77. The lowest BCUT2D eigenvalue weighted by molar-refractivity contribution is 0.145. The maximum absolute atomic E-state index is 12.8. The summed E-state index contributed by atoms with van der Waals surface area (Å²) in [4.78, 5) is 12.7. The van der Waals surface area contributed by atoms with E-state index in [0.29, 0.717) is 4.48 Å². The maximum atomic E-state index is 12.8. The van der Waals surface area contributed by atoms with Gasteiger partial charge in [0.15, 0.2) is 0 Å². The number of amides is 1. The molecule has 1 aromatic rings. The summed E-state index contributed by atoms with van der Waals surface area (Å²) in [5, 5.41) is 9.25.